The van der Waals surface area contributed by atoms with Crippen LogP contribution in [0, 0.1) is 10.5 Å². The van der Waals surface area contributed by atoms with Crippen molar-refractivity contribution in [1.29, 1.82) is 0 Å². The Kier molecular flexibility index (Phi) is 8.48. The van der Waals surface area contributed by atoms with Crippen LogP contribution in [0.5, 0.6) is 0 Å². The van der Waals surface area contributed by atoms with E-state index >= 15 is 0 Å². The Balaban J connectivity index is 1.49. The van der Waals surface area contributed by atoms with Crippen LogP contribution in [0.2, 0.25) is 0 Å². The molecule has 0 bridgehead atoms. The summed E-state index contributed by atoms with van der Waals surface area (Å²) in [6, 6.07) is 21.6. The molecule has 0 aliphatic carbocycles. The van der Waals surface area contributed by atoms with Crippen LogP contribution in [0.3, 0.4) is 0 Å². The first kappa shape index (κ1) is 24.9. The molecule has 178 valence electrons. The van der Waals surface area contributed by atoms with Crippen molar-refractivity contribution >= 4 is 52.2 Å². The van der Waals surface area contributed by atoms with E-state index in [4.69, 9.17) is 0 Å². The molecule has 8 nitrogen and oxygen atoms in total. The zero-order chi connectivity index (χ0) is 24.6. The summed E-state index contributed by atoms with van der Waals surface area (Å²) in [5.74, 6) is 0.511. The van der Waals surface area contributed by atoms with E-state index in [0.717, 1.165) is 22.8 Å². The molecular weight excluding hydrogens is 573 g/mol. The molecule has 0 aliphatic rings. The summed E-state index contributed by atoms with van der Waals surface area (Å²) in [5.41, 5.74) is 6.37. The van der Waals surface area contributed by atoms with Gasteiger partial charge in [-0.15, -0.1) is 10.2 Å². The molecule has 0 spiro atoms. The smallest absolute Gasteiger partial charge is 0.253 e. The quantitative estimate of drug-likeness (QED) is 0.124. The molecule has 0 radical (unpaired) electrons. The standard InChI is InChI=1S/C25H24IN7OS/c1-17-14-19(26)11-12-22(17)28-16-23-30-32-25(33(23)21-9-4-3-5-10-21)35-18(2)24(34)31-29-15-20-8-6-7-13-27-20/h3-15,18,28H,16H2,1-2H3,(H,31,34)/b29-15-/t18-/m1/s1. The van der Waals surface area contributed by atoms with Gasteiger partial charge in [-0.2, -0.15) is 5.10 Å². The Labute approximate surface area is 221 Å². The number of nitrogens with one attached hydrogen (secondary N) is 2. The average Bonchev–Trinajstić information content (AvgIpc) is 3.26. The van der Waals surface area contributed by atoms with E-state index < -0.39 is 5.25 Å². The minimum absolute atomic E-state index is 0.237. The number of para-hydroxylation sites is 1. The Morgan fingerprint density at radius 3 is 2.69 bits per heavy atom. The number of thioether (sulfide) groups is 1. The zero-order valence-electron chi connectivity index (χ0n) is 19.2. The van der Waals surface area contributed by atoms with Gasteiger partial charge in [0.05, 0.1) is 23.7 Å². The first-order chi connectivity index (χ1) is 17.0. The number of amides is 1. The molecule has 1 amide bonds. The number of nitrogens with zero attached hydrogens (tertiary/aromatic N) is 5. The second-order valence-electron chi connectivity index (χ2n) is 7.63. The van der Waals surface area contributed by atoms with E-state index in [0.29, 0.717) is 17.4 Å². The highest BCUT2D eigenvalue weighted by atomic mass is 127. The topological polar surface area (TPSA) is 97.1 Å². The fourth-order valence-electron chi connectivity index (χ4n) is 3.24. The molecular formula is C25H24IN7OS. The van der Waals surface area contributed by atoms with E-state index in [1.165, 1.54) is 21.5 Å². The minimum Gasteiger partial charge on any atom is -0.378 e. The predicted octanol–water partition coefficient (Wildman–Crippen LogP) is 4.82. The van der Waals surface area contributed by atoms with E-state index in [1.807, 2.05) is 60.0 Å². The highest BCUT2D eigenvalue weighted by Crippen LogP contribution is 2.26. The molecule has 35 heavy (non-hydrogen) atoms. The number of halogens is 1. The van der Waals surface area contributed by atoms with Crippen LogP contribution in [0.1, 0.15) is 24.0 Å². The van der Waals surface area contributed by atoms with Gasteiger partial charge in [0.15, 0.2) is 11.0 Å². The zero-order valence-corrected chi connectivity index (χ0v) is 22.2. The van der Waals surface area contributed by atoms with Crippen molar-refractivity contribution in [1.82, 2.24) is 25.2 Å². The SMILES string of the molecule is Cc1cc(I)ccc1NCc1nnc(S[C@H](C)C(=O)N/N=C\c2ccccn2)n1-c1ccccc1. The van der Waals surface area contributed by atoms with Crippen molar-refractivity contribution in [2.75, 3.05) is 5.32 Å². The van der Waals surface area contributed by atoms with Gasteiger partial charge < -0.3 is 5.32 Å². The molecule has 0 aliphatic heterocycles. The summed E-state index contributed by atoms with van der Waals surface area (Å²) >= 11 is 3.63. The van der Waals surface area contributed by atoms with Crippen LogP contribution in [0.25, 0.3) is 5.69 Å². The lowest BCUT2D eigenvalue weighted by atomic mass is 10.2. The average molecular weight is 597 g/mol. The van der Waals surface area contributed by atoms with Crippen LogP contribution in [-0.4, -0.2) is 37.1 Å². The van der Waals surface area contributed by atoms with Gasteiger partial charge >= 0.3 is 0 Å². The summed E-state index contributed by atoms with van der Waals surface area (Å²) in [7, 11) is 0. The number of anilines is 1. The van der Waals surface area contributed by atoms with Crippen molar-refractivity contribution in [2.24, 2.45) is 5.10 Å². The summed E-state index contributed by atoms with van der Waals surface area (Å²) < 4.78 is 3.16. The van der Waals surface area contributed by atoms with Crippen LogP contribution >= 0.6 is 34.4 Å². The van der Waals surface area contributed by atoms with Gasteiger partial charge in [-0.3, -0.25) is 14.3 Å². The van der Waals surface area contributed by atoms with E-state index in [1.54, 1.807) is 6.20 Å². The van der Waals surface area contributed by atoms with Crippen LogP contribution < -0.4 is 10.7 Å². The Morgan fingerprint density at radius 1 is 1.14 bits per heavy atom. The second-order valence-corrected chi connectivity index (χ2v) is 10.2. The summed E-state index contributed by atoms with van der Waals surface area (Å²) in [6.45, 7) is 4.37. The molecule has 2 aromatic heterocycles. The van der Waals surface area contributed by atoms with Gasteiger partial charge in [-0.25, -0.2) is 5.43 Å². The fourth-order valence-corrected chi connectivity index (χ4v) is 4.77. The number of aryl methyl sites for hydroxylation is 1. The molecule has 0 saturated carbocycles. The number of carbonyl (C=O) groups excluding carboxylic acids is 1. The maximum absolute atomic E-state index is 12.6. The number of pyridine rings is 1. The number of hydrogen-bond acceptors (Lipinski definition) is 7. The minimum atomic E-state index is -0.443. The molecule has 4 aromatic rings. The van der Waals surface area contributed by atoms with E-state index in [9.17, 15) is 4.79 Å². The second kappa shape index (κ2) is 11.9. The van der Waals surface area contributed by atoms with Crippen LogP contribution in [-0.2, 0) is 11.3 Å². The van der Waals surface area contributed by atoms with Crippen molar-refractivity contribution in [3.63, 3.8) is 0 Å². The van der Waals surface area contributed by atoms with Crippen LogP contribution in [0.4, 0.5) is 5.69 Å². The van der Waals surface area contributed by atoms with Crippen molar-refractivity contribution in [2.45, 2.75) is 30.8 Å². The van der Waals surface area contributed by atoms with Gasteiger partial charge in [-0.05, 0) is 84.5 Å². The summed E-state index contributed by atoms with van der Waals surface area (Å²) in [6.07, 6.45) is 3.18. The monoisotopic (exact) mass is 597 g/mol. The third kappa shape index (κ3) is 6.67. The highest BCUT2D eigenvalue weighted by Gasteiger charge is 2.21. The summed E-state index contributed by atoms with van der Waals surface area (Å²) in [4.78, 5) is 16.8. The van der Waals surface area contributed by atoms with E-state index in [-0.39, 0.29) is 5.91 Å². The lowest BCUT2D eigenvalue weighted by molar-refractivity contribution is -0.120. The fraction of sp³-hybridized carbons (Fsp3) is 0.160. The molecule has 2 heterocycles. The Hall–Kier alpha value is -3.25. The number of aromatic nitrogens is 4. The van der Waals surface area contributed by atoms with Crippen molar-refractivity contribution < 1.29 is 4.79 Å². The number of hydrazone groups is 1. The van der Waals surface area contributed by atoms with Gasteiger partial charge in [0, 0.05) is 21.1 Å². The molecule has 10 heteroatoms. The van der Waals surface area contributed by atoms with Crippen LogP contribution in [0.15, 0.2) is 83.2 Å². The molecule has 0 unspecified atom stereocenters. The maximum atomic E-state index is 12.6. The molecule has 2 aromatic carbocycles. The van der Waals surface area contributed by atoms with Gasteiger partial charge in [-0.1, -0.05) is 36.0 Å². The Morgan fingerprint density at radius 2 is 1.94 bits per heavy atom. The maximum Gasteiger partial charge on any atom is 0.253 e. The third-order valence-electron chi connectivity index (χ3n) is 5.05. The molecule has 1 atom stereocenters. The highest BCUT2D eigenvalue weighted by molar-refractivity contribution is 14.1. The van der Waals surface area contributed by atoms with E-state index in [2.05, 4.69) is 78.7 Å². The van der Waals surface area contributed by atoms with Gasteiger partial charge in [0.2, 0.25) is 0 Å². The number of benzene rings is 2. The lowest BCUT2D eigenvalue weighted by Crippen LogP contribution is -2.27. The number of carbonyl (C=O) groups is 1. The number of hydrogen-bond donors (Lipinski definition) is 2. The lowest BCUT2D eigenvalue weighted by Gasteiger charge is -2.14. The third-order valence-corrected chi connectivity index (χ3v) is 6.76. The van der Waals surface area contributed by atoms with Crippen molar-refractivity contribution in [3.8, 4) is 5.69 Å². The predicted molar refractivity (Wildman–Crippen MR) is 148 cm³/mol. The van der Waals surface area contributed by atoms with Crippen molar-refractivity contribution in [3.05, 3.63) is 93.6 Å². The largest absolute Gasteiger partial charge is 0.378 e. The molecule has 0 saturated heterocycles. The first-order valence-electron chi connectivity index (χ1n) is 10.9. The van der Waals surface area contributed by atoms with Gasteiger partial charge in [0.1, 0.15) is 0 Å². The molecule has 2 N–H and O–H groups in total. The molecule has 0 fully saturated rings. The summed E-state index contributed by atoms with van der Waals surface area (Å²) in [5, 5.41) is 16.5. The van der Waals surface area contributed by atoms with Gasteiger partial charge in [0.25, 0.3) is 5.91 Å². The number of rotatable bonds is 9. The Bertz CT molecular complexity index is 1310. The first-order valence-corrected chi connectivity index (χ1v) is 12.9. The normalized spacial score (nSPS) is 12.0. The molecule has 4 rings (SSSR count).